The van der Waals surface area contributed by atoms with Crippen LogP contribution < -0.4 is 4.74 Å². The number of halogens is 1. The molecule has 1 atom stereocenters. The molecule has 110 valence electrons. The molecule has 0 amide bonds. The van der Waals surface area contributed by atoms with E-state index in [2.05, 4.69) is 15.9 Å². The lowest BCUT2D eigenvalue weighted by Gasteiger charge is -2.13. The summed E-state index contributed by atoms with van der Waals surface area (Å²) in [5, 5.41) is 19.5. The molecule has 0 aliphatic carbocycles. The summed E-state index contributed by atoms with van der Waals surface area (Å²) >= 11 is 3.24. The predicted molar refractivity (Wildman–Crippen MR) is 75.5 cm³/mol. The van der Waals surface area contributed by atoms with Crippen LogP contribution in [0.4, 0.5) is 5.69 Å². The zero-order valence-corrected chi connectivity index (χ0v) is 12.4. The summed E-state index contributed by atoms with van der Waals surface area (Å²) < 4.78 is 11.2. The summed E-state index contributed by atoms with van der Waals surface area (Å²) in [4.78, 5) is 21.0. The number of carboxylic acid groups (broad SMARTS) is 1. The SMILES string of the molecule is CC(Oc1cc([N+](=O)[O-])ccc1Br)c1ccc(C(=O)O)o1. The van der Waals surface area contributed by atoms with Crippen LogP contribution in [0.5, 0.6) is 5.75 Å². The number of hydrogen-bond acceptors (Lipinski definition) is 5. The summed E-state index contributed by atoms with van der Waals surface area (Å²) in [7, 11) is 0. The third-order valence-electron chi connectivity index (χ3n) is 2.67. The zero-order chi connectivity index (χ0) is 15.6. The maximum absolute atomic E-state index is 10.8. The Kier molecular flexibility index (Phi) is 4.27. The Bertz CT molecular complexity index is 696. The lowest BCUT2D eigenvalue weighted by Crippen LogP contribution is -2.03. The number of nitro groups is 1. The largest absolute Gasteiger partial charge is 0.481 e. The number of benzene rings is 1. The van der Waals surface area contributed by atoms with Crippen LogP contribution in [-0.4, -0.2) is 16.0 Å². The summed E-state index contributed by atoms with van der Waals surface area (Å²) in [6.45, 7) is 1.65. The molecule has 1 N–H and O–H groups in total. The Morgan fingerprint density at radius 2 is 2.14 bits per heavy atom. The van der Waals surface area contributed by atoms with Gasteiger partial charge in [0.15, 0.2) is 6.10 Å². The molecule has 21 heavy (non-hydrogen) atoms. The van der Waals surface area contributed by atoms with Crippen molar-refractivity contribution in [2.75, 3.05) is 0 Å². The highest BCUT2D eigenvalue weighted by Gasteiger charge is 2.18. The number of aromatic carboxylic acids is 1. The molecule has 0 fully saturated rings. The first kappa shape index (κ1) is 15.0. The van der Waals surface area contributed by atoms with Crippen molar-refractivity contribution in [3.63, 3.8) is 0 Å². The van der Waals surface area contributed by atoms with E-state index in [1.807, 2.05) is 0 Å². The number of ether oxygens (including phenoxy) is 1. The van der Waals surface area contributed by atoms with Gasteiger partial charge in [0.1, 0.15) is 11.5 Å². The first-order valence-corrected chi connectivity index (χ1v) is 6.61. The van der Waals surface area contributed by atoms with Crippen LogP contribution in [0, 0.1) is 10.1 Å². The van der Waals surface area contributed by atoms with Crippen molar-refractivity contribution < 1.29 is 24.0 Å². The Hall–Kier alpha value is -2.35. The Morgan fingerprint density at radius 3 is 2.71 bits per heavy atom. The van der Waals surface area contributed by atoms with E-state index in [0.717, 1.165) is 0 Å². The molecular weight excluding hydrogens is 346 g/mol. The van der Waals surface area contributed by atoms with Crippen LogP contribution in [0.1, 0.15) is 29.3 Å². The average Bonchev–Trinajstić information content (AvgIpc) is 2.90. The van der Waals surface area contributed by atoms with Crippen molar-refractivity contribution in [1.82, 2.24) is 0 Å². The Morgan fingerprint density at radius 1 is 1.43 bits per heavy atom. The molecule has 0 spiro atoms. The summed E-state index contributed by atoms with van der Waals surface area (Å²) in [5.74, 6) is -0.792. The van der Waals surface area contributed by atoms with E-state index in [4.69, 9.17) is 14.3 Å². The van der Waals surface area contributed by atoms with Gasteiger partial charge in [-0.05, 0) is 41.1 Å². The van der Waals surface area contributed by atoms with Crippen molar-refractivity contribution in [3.05, 3.63) is 56.4 Å². The first-order valence-electron chi connectivity index (χ1n) is 5.82. The van der Waals surface area contributed by atoms with Gasteiger partial charge in [-0.3, -0.25) is 10.1 Å². The third-order valence-corrected chi connectivity index (χ3v) is 3.32. The van der Waals surface area contributed by atoms with E-state index in [0.29, 0.717) is 10.2 Å². The minimum absolute atomic E-state index is 0.105. The van der Waals surface area contributed by atoms with Gasteiger partial charge in [0.05, 0.1) is 15.5 Å². The molecule has 7 nitrogen and oxygen atoms in total. The molecule has 2 aromatic rings. The van der Waals surface area contributed by atoms with Crippen molar-refractivity contribution in [1.29, 1.82) is 0 Å². The van der Waals surface area contributed by atoms with E-state index in [1.54, 1.807) is 6.92 Å². The molecule has 2 rings (SSSR count). The molecule has 1 heterocycles. The molecule has 1 aromatic heterocycles. The lowest BCUT2D eigenvalue weighted by atomic mass is 10.3. The van der Waals surface area contributed by atoms with Gasteiger partial charge in [0, 0.05) is 6.07 Å². The third kappa shape index (κ3) is 3.40. The fraction of sp³-hybridized carbons (Fsp3) is 0.154. The van der Waals surface area contributed by atoms with Crippen molar-refractivity contribution in [2.45, 2.75) is 13.0 Å². The second kappa shape index (κ2) is 5.96. The van der Waals surface area contributed by atoms with E-state index >= 15 is 0 Å². The van der Waals surface area contributed by atoms with Crippen LogP contribution in [0.3, 0.4) is 0 Å². The van der Waals surface area contributed by atoms with E-state index in [9.17, 15) is 14.9 Å². The Labute approximate surface area is 127 Å². The lowest BCUT2D eigenvalue weighted by molar-refractivity contribution is -0.385. The quantitative estimate of drug-likeness (QED) is 0.646. The Balaban J connectivity index is 2.22. The maximum atomic E-state index is 10.8. The van der Waals surface area contributed by atoms with Gasteiger partial charge < -0.3 is 14.3 Å². The topological polar surface area (TPSA) is 103 Å². The number of non-ortho nitro benzene ring substituents is 1. The van der Waals surface area contributed by atoms with Crippen LogP contribution in [-0.2, 0) is 0 Å². The number of carboxylic acids is 1. The monoisotopic (exact) mass is 355 g/mol. The number of carbonyl (C=O) groups is 1. The predicted octanol–water partition coefficient (Wildman–Crippen LogP) is 3.79. The molecule has 1 unspecified atom stereocenters. The molecule has 0 saturated heterocycles. The van der Waals surface area contributed by atoms with Gasteiger partial charge in [-0.2, -0.15) is 0 Å². The highest BCUT2D eigenvalue weighted by atomic mass is 79.9. The van der Waals surface area contributed by atoms with Crippen LogP contribution >= 0.6 is 15.9 Å². The normalized spacial score (nSPS) is 11.9. The molecule has 1 aromatic carbocycles. The summed E-state index contributed by atoms with van der Waals surface area (Å²) in [6.07, 6.45) is -0.601. The maximum Gasteiger partial charge on any atom is 0.371 e. The van der Waals surface area contributed by atoms with Crippen molar-refractivity contribution in [3.8, 4) is 5.75 Å². The highest BCUT2D eigenvalue weighted by Crippen LogP contribution is 2.33. The number of furan rings is 1. The zero-order valence-electron chi connectivity index (χ0n) is 10.8. The van der Waals surface area contributed by atoms with Crippen LogP contribution in [0.25, 0.3) is 0 Å². The molecule has 8 heteroatoms. The number of rotatable bonds is 5. The van der Waals surface area contributed by atoms with Gasteiger partial charge >= 0.3 is 5.97 Å². The minimum atomic E-state index is -1.18. The van der Waals surface area contributed by atoms with E-state index in [-0.39, 0.29) is 17.2 Å². The van der Waals surface area contributed by atoms with Crippen molar-refractivity contribution >= 4 is 27.6 Å². The highest BCUT2D eigenvalue weighted by molar-refractivity contribution is 9.10. The molecule has 0 bridgehead atoms. The van der Waals surface area contributed by atoms with Gasteiger partial charge in [-0.25, -0.2) is 4.79 Å². The van der Waals surface area contributed by atoms with Crippen LogP contribution in [0.15, 0.2) is 39.2 Å². The smallest absolute Gasteiger partial charge is 0.371 e. The van der Waals surface area contributed by atoms with E-state index < -0.39 is 17.0 Å². The minimum Gasteiger partial charge on any atom is -0.481 e. The van der Waals surface area contributed by atoms with Gasteiger partial charge in [0.2, 0.25) is 5.76 Å². The number of hydrogen-bond donors (Lipinski definition) is 1. The summed E-state index contributed by atoms with van der Waals surface area (Å²) in [5.41, 5.74) is -0.105. The average molecular weight is 356 g/mol. The molecular formula is C13H10BrNO6. The molecule has 0 radical (unpaired) electrons. The van der Waals surface area contributed by atoms with Gasteiger partial charge in [0.25, 0.3) is 5.69 Å². The fourth-order valence-corrected chi connectivity index (χ4v) is 1.97. The number of nitrogens with zero attached hydrogens (tertiary/aromatic N) is 1. The van der Waals surface area contributed by atoms with Gasteiger partial charge in [-0.15, -0.1) is 0 Å². The van der Waals surface area contributed by atoms with Crippen molar-refractivity contribution in [2.24, 2.45) is 0 Å². The first-order chi connectivity index (χ1) is 9.88. The fourth-order valence-electron chi connectivity index (χ4n) is 1.63. The second-order valence-corrected chi connectivity index (χ2v) is 4.99. The van der Waals surface area contributed by atoms with E-state index in [1.165, 1.54) is 30.3 Å². The van der Waals surface area contributed by atoms with Crippen LogP contribution in [0.2, 0.25) is 0 Å². The number of nitro benzene ring substituents is 1. The molecule has 0 saturated carbocycles. The standard InChI is InChI=1S/C13H10BrNO6/c1-7(10-4-5-11(21-10)13(16)17)20-12-6-8(15(18)19)2-3-9(12)14/h2-7H,1H3,(H,16,17). The second-order valence-electron chi connectivity index (χ2n) is 4.14. The summed E-state index contributed by atoms with van der Waals surface area (Å²) in [6, 6.07) is 6.93. The van der Waals surface area contributed by atoms with Gasteiger partial charge in [-0.1, -0.05) is 0 Å². The molecule has 0 aliphatic heterocycles. The molecule has 0 aliphatic rings.